The molecule has 0 fully saturated rings. The fraction of sp³-hybridized carbons (Fsp3) is 0.462. The summed E-state index contributed by atoms with van der Waals surface area (Å²) in [4.78, 5) is 0. The lowest BCUT2D eigenvalue weighted by Gasteiger charge is -2.12. The molecule has 1 radical (unpaired) electrons. The zero-order chi connectivity index (χ0) is 11.3. The molecule has 0 amide bonds. The van der Waals surface area contributed by atoms with Gasteiger partial charge in [-0.15, -0.1) is 0 Å². The molecule has 0 atom stereocenters. The Hall–Kier alpha value is -1.02. The summed E-state index contributed by atoms with van der Waals surface area (Å²) in [5, 5.41) is 9.09. The van der Waals surface area contributed by atoms with Crippen molar-refractivity contribution in [2.24, 2.45) is 0 Å². The highest BCUT2D eigenvalue weighted by Gasteiger charge is 2.07. The Balaban J connectivity index is 2.99. The molecule has 0 aromatic heterocycles. The van der Waals surface area contributed by atoms with E-state index in [0.29, 0.717) is 6.61 Å². The molecule has 1 N–H and O–H groups in total. The van der Waals surface area contributed by atoms with E-state index < -0.39 is 0 Å². The minimum absolute atomic E-state index is 0.0960. The summed E-state index contributed by atoms with van der Waals surface area (Å²) >= 11 is 0. The van der Waals surface area contributed by atoms with Gasteiger partial charge in [-0.05, 0) is 36.6 Å². The molecule has 1 rings (SSSR count). The lowest BCUT2D eigenvalue weighted by atomic mass is 9.98. The largest absolute Gasteiger partial charge is 0.494 e. The van der Waals surface area contributed by atoms with Crippen LogP contribution in [-0.2, 0) is 6.42 Å². The molecular weight excluding hydrogens is 188 g/mol. The van der Waals surface area contributed by atoms with Crippen LogP contribution in [0, 0.1) is 5.92 Å². The Bertz CT molecular complexity index is 307. The molecule has 1 aromatic carbocycles. The quantitative estimate of drug-likeness (QED) is 0.804. The zero-order valence-corrected chi connectivity index (χ0v) is 9.71. The summed E-state index contributed by atoms with van der Waals surface area (Å²) in [6, 6.07) is 6.14. The monoisotopic (exact) mass is 207 g/mol. The summed E-state index contributed by atoms with van der Waals surface area (Å²) < 4.78 is 5.49. The number of aryl methyl sites for hydroxylation is 1. The van der Waals surface area contributed by atoms with Gasteiger partial charge >= 0.3 is 0 Å². The average molecular weight is 207 g/mol. The number of ether oxygens (including phenoxy) is 1. The fourth-order valence-electron chi connectivity index (χ4n) is 1.45. The van der Waals surface area contributed by atoms with Crippen LogP contribution in [0.4, 0.5) is 0 Å². The van der Waals surface area contributed by atoms with Crippen LogP contribution in [0.5, 0.6) is 5.75 Å². The van der Waals surface area contributed by atoms with Crippen LogP contribution >= 0.6 is 0 Å². The highest BCUT2D eigenvalue weighted by atomic mass is 16.5. The van der Waals surface area contributed by atoms with E-state index in [2.05, 4.69) is 19.1 Å². The smallest absolute Gasteiger partial charge is 0.119 e. The van der Waals surface area contributed by atoms with Crippen LogP contribution in [0.2, 0.25) is 0 Å². The van der Waals surface area contributed by atoms with Crippen LogP contribution < -0.4 is 4.74 Å². The van der Waals surface area contributed by atoms with E-state index in [-0.39, 0.29) is 6.61 Å². The first-order valence-electron chi connectivity index (χ1n) is 5.41. The van der Waals surface area contributed by atoms with Crippen molar-refractivity contribution in [2.45, 2.75) is 27.2 Å². The molecule has 15 heavy (non-hydrogen) atoms. The van der Waals surface area contributed by atoms with E-state index >= 15 is 0 Å². The number of hydrogen-bond acceptors (Lipinski definition) is 2. The van der Waals surface area contributed by atoms with E-state index in [9.17, 15) is 0 Å². The van der Waals surface area contributed by atoms with Crippen LogP contribution in [-0.4, -0.2) is 18.3 Å². The molecule has 0 aliphatic heterocycles. The van der Waals surface area contributed by atoms with Gasteiger partial charge in [-0.3, -0.25) is 0 Å². The van der Waals surface area contributed by atoms with Gasteiger partial charge < -0.3 is 9.84 Å². The number of rotatable bonds is 5. The first-order chi connectivity index (χ1) is 7.21. The standard InChI is InChI=1S/C13H19O2/c1-4-11-6-12(10(3)9-14)8-13(7-11)15-5-2/h6-8,14H,4-5,9H2,1-3H3. The van der Waals surface area contributed by atoms with E-state index in [1.54, 1.807) is 0 Å². The fourth-order valence-corrected chi connectivity index (χ4v) is 1.45. The molecule has 0 saturated heterocycles. The van der Waals surface area contributed by atoms with Crippen molar-refractivity contribution < 1.29 is 9.84 Å². The van der Waals surface area contributed by atoms with Crippen LogP contribution in [0.3, 0.4) is 0 Å². The van der Waals surface area contributed by atoms with Crippen molar-refractivity contribution in [3.8, 4) is 5.75 Å². The lowest BCUT2D eigenvalue weighted by molar-refractivity contribution is 0.314. The van der Waals surface area contributed by atoms with E-state index in [4.69, 9.17) is 9.84 Å². The zero-order valence-electron chi connectivity index (χ0n) is 9.71. The minimum Gasteiger partial charge on any atom is -0.494 e. The average Bonchev–Trinajstić information content (AvgIpc) is 2.28. The van der Waals surface area contributed by atoms with Gasteiger partial charge in [0, 0.05) is 5.92 Å². The van der Waals surface area contributed by atoms with Crippen molar-refractivity contribution in [2.75, 3.05) is 13.2 Å². The Morgan fingerprint density at radius 2 is 2.00 bits per heavy atom. The molecule has 0 bridgehead atoms. The van der Waals surface area contributed by atoms with Crippen molar-refractivity contribution in [3.05, 3.63) is 35.2 Å². The predicted molar refractivity (Wildman–Crippen MR) is 62.1 cm³/mol. The van der Waals surface area contributed by atoms with Crippen molar-refractivity contribution in [3.63, 3.8) is 0 Å². The van der Waals surface area contributed by atoms with E-state index in [0.717, 1.165) is 23.7 Å². The van der Waals surface area contributed by atoms with Gasteiger partial charge in [0.2, 0.25) is 0 Å². The van der Waals surface area contributed by atoms with Gasteiger partial charge in [0.15, 0.2) is 0 Å². The second kappa shape index (κ2) is 5.76. The van der Waals surface area contributed by atoms with Gasteiger partial charge in [-0.2, -0.15) is 0 Å². The van der Waals surface area contributed by atoms with Crippen LogP contribution in [0.15, 0.2) is 18.2 Å². The van der Waals surface area contributed by atoms with Gasteiger partial charge in [0.25, 0.3) is 0 Å². The topological polar surface area (TPSA) is 29.5 Å². The third-order valence-electron chi connectivity index (χ3n) is 2.42. The van der Waals surface area contributed by atoms with Crippen molar-refractivity contribution >= 4 is 0 Å². The summed E-state index contributed by atoms with van der Waals surface area (Å²) in [6.07, 6.45) is 0.979. The predicted octanol–water partition coefficient (Wildman–Crippen LogP) is 2.58. The number of aliphatic hydroxyl groups is 1. The van der Waals surface area contributed by atoms with Crippen molar-refractivity contribution in [1.82, 2.24) is 0 Å². The lowest BCUT2D eigenvalue weighted by Crippen LogP contribution is -2.02. The maximum Gasteiger partial charge on any atom is 0.119 e. The molecule has 0 aliphatic rings. The van der Waals surface area contributed by atoms with Crippen molar-refractivity contribution in [1.29, 1.82) is 0 Å². The van der Waals surface area contributed by atoms with Gasteiger partial charge in [-0.25, -0.2) is 0 Å². The highest BCUT2D eigenvalue weighted by molar-refractivity contribution is 5.41. The maximum absolute atomic E-state index is 9.09. The summed E-state index contributed by atoms with van der Waals surface area (Å²) in [7, 11) is 0. The second-order valence-corrected chi connectivity index (χ2v) is 3.59. The molecule has 0 unspecified atom stereocenters. The Labute approximate surface area is 91.9 Å². The van der Waals surface area contributed by atoms with Crippen LogP contribution in [0.25, 0.3) is 0 Å². The minimum atomic E-state index is 0.0960. The van der Waals surface area contributed by atoms with Crippen LogP contribution in [0.1, 0.15) is 31.9 Å². The van der Waals surface area contributed by atoms with Gasteiger partial charge in [-0.1, -0.05) is 19.9 Å². The summed E-state index contributed by atoms with van der Waals surface area (Å²) in [5.74, 6) is 1.87. The number of hydrogen-bond donors (Lipinski definition) is 1. The normalized spacial score (nSPS) is 10.7. The number of benzene rings is 1. The molecule has 2 nitrogen and oxygen atoms in total. The molecule has 0 aliphatic carbocycles. The Morgan fingerprint density at radius 3 is 2.53 bits per heavy atom. The maximum atomic E-state index is 9.09. The molecule has 1 aromatic rings. The molecule has 0 spiro atoms. The molecule has 2 heteroatoms. The summed E-state index contributed by atoms with van der Waals surface area (Å²) in [6.45, 7) is 6.79. The Kier molecular flexibility index (Phi) is 4.63. The third kappa shape index (κ3) is 3.24. The molecule has 0 heterocycles. The van der Waals surface area contributed by atoms with E-state index in [1.807, 2.05) is 19.9 Å². The highest BCUT2D eigenvalue weighted by Crippen LogP contribution is 2.23. The molecule has 83 valence electrons. The first-order valence-corrected chi connectivity index (χ1v) is 5.41. The van der Waals surface area contributed by atoms with E-state index in [1.165, 1.54) is 5.56 Å². The SMILES string of the molecule is CCOc1cc(CC)cc([C](C)CO)c1. The third-order valence-corrected chi connectivity index (χ3v) is 2.42. The van der Waals surface area contributed by atoms with Gasteiger partial charge in [0.1, 0.15) is 5.75 Å². The molecule has 0 saturated carbocycles. The summed E-state index contributed by atoms with van der Waals surface area (Å²) in [5.41, 5.74) is 2.31. The second-order valence-electron chi connectivity index (χ2n) is 3.59. The Morgan fingerprint density at radius 1 is 1.27 bits per heavy atom. The van der Waals surface area contributed by atoms with Gasteiger partial charge in [0.05, 0.1) is 13.2 Å². The first kappa shape index (κ1) is 12.1. The number of aliphatic hydroxyl groups excluding tert-OH is 1. The molecular formula is C13H19O2.